The number of non-ortho nitro benzene ring substituents is 1. The topological polar surface area (TPSA) is 113 Å². The minimum absolute atomic E-state index is 0.00781. The zero-order valence-corrected chi connectivity index (χ0v) is 25.9. The second-order valence-corrected chi connectivity index (χ2v) is 13.5. The first-order valence-electron chi connectivity index (χ1n) is 14.2. The van der Waals surface area contributed by atoms with Crippen LogP contribution >= 0.6 is 11.3 Å². The Morgan fingerprint density at radius 2 is 1.86 bits per heavy atom. The second-order valence-electron chi connectivity index (χ2n) is 10.6. The Bertz CT molecular complexity index is 1440. The molecule has 1 unspecified atom stereocenters. The molecule has 1 fully saturated rings. The first-order chi connectivity index (χ1) is 20.7. The average molecular weight is 627 g/mol. The average Bonchev–Trinajstić information content (AvgIpc) is 3.56. The van der Waals surface area contributed by atoms with Gasteiger partial charge in [-0.1, -0.05) is 24.3 Å². The number of benzene rings is 2. The maximum atomic E-state index is 13.2. The first kappa shape index (κ1) is 32.3. The molecule has 1 aromatic heterocycles. The third-order valence-electron chi connectivity index (χ3n) is 7.80. The largest absolute Gasteiger partial charge is 0.445 e. The van der Waals surface area contributed by atoms with Gasteiger partial charge < -0.3 is 14.5 Å². The Morgan fingerprint density at radius 3 is 2.47 bits per heavy atom. The van der Waals surface area contributed by atoms with E-state index in [1.165, 1.54) is 16.4 Å². The van der Waals surface area contributed by atoms with Gasteiger partial charge in [0.25, 0.3) is 5.69 Å². The molecule has 3 aromatic rings. The van der Waals surface area contributed by atoms with Gasteiger partial charge in [0, 0.05) is 51.4 Å². The quantitative estimate of drug-likeness (QED) is 0.127. The van der Waals surface area contributed by atoms with Crippen molar-refractivity contribution in [1.82, 2.24) is 14.1 Å². The summed E-state index contributed by atoms with van der Waals surface area (Å²) in [5, 5.41) is 15.0. The molecule has 0 spiro atoms. The predicted octanol–water partition coefficient (Wildman–Crippen LogP) is 5.74. The van der Waals surface area contributed by atoms with Crippen LogP contribution in [0.5, 0.6) is 0 Å². The number of carbonyl (C=O) groups excluding carboxylic acids is 1. The summed E-state index contributed by atoms with van der Waals surface area (Å²) >= 11 is 1.61. The molecule has 0 bridgehead atoms. The summed E-state index contributed by atoms with van der Waals surface area (Å²) in [6.45, 7) is 7.02. The summed E-state index contributed by atoms with van der Waals surface area (Å²) in [5.74, 6) is 0.0547. The van der Waals surface area contributed by atoms with Crippen LogP contribution < -0.4 is 0 Å². The predicted molar refractivity (Wildman–Crippen MR) is 168 cm³/mol. The van der Waals surface area contributed by atoms with Crippen molar-refractivity contribution in [1.29, 1.82) is 0 Å². The number of nitro benzene ring substituents is 1. The molecule has 1 amide bonds. The monoisotopic (exact) mass is 626 g/mol. The minimum Gasteiger partial charge on any atom is -0.445 e. The summed E-state index contributed by atoms with van der Waals surface area (Å²) in [6.07, 6.45) is 3.63. The van der Waals surface area contributed by atoms with E-state index in [1.54, 1.807) is 71.8 Å². The van der Waals surface area contributed by atoms with Crippen molar-refractivity contribution < 1.29 is 22.9 Å². The molecule has 230 valence electrons. The number of sulfonamides is 1. The van der Waals surface area contributed by atoms with Gasteiger partial charge in [0.1, 0.15) is 6.61 Å². The van der Waals surface area contributed by atoms with Gasteiger partial charge in [-0.15, -0.1) is 6.58 Å². The second kappa shape index (κ2) is 15.2. The molecule has 1 saturated heterocycles. The third kappa shape index (κ3) is 8.73. The SMILES string of the molecule is C=CCN(C(=O)OCc1ccc([N+](=O)[O-])cc1)C1CCN(CCC(CN(C)S(=O)(=O)c2ccccc2)c2ccsc2)CC1. The highest BCUT2D eigenvalue weighted by molar-refractivity contribution is 7.89. The van der Waals surface area contributed by atoms with E-state index in [-0.39, 0.29) is 24.3 Å². The molecule has 10 nitrogen and oxygen atoms in total. The van der Waals surface area contributed by atoms with E-state index in [1.807, 2.05) is 5.38 Å². The van der Waals surface area contributed by atoms with Crippen LogP contribution in [0.1, 0.15) is 36.3 Å². The number of hydrogen-bond donors (Lipinski definition) is 0. The number of amides is 1. The lowest BCUT2D eigenvalue weighted by molar-refractivity contribution is -0.384. The van der Waals surface area contributed by atoms with Crippen LogP contribution in [0.3, 0.4) is 0 Å². The summed E-state index contributed by atoms with van der Waals surface area (Å²) in [6, 6.07) is 16.5. The van der Waals surface area contributed by atoms with Crippen LogP contribution in [-0.2, 0) is 21.4 Å². The van der Waals surface area contributed by atoms with Crippen molar-refractivity contribution in [2.75, 3.05) is 39.8 Å². The molecule has 0 aliphatic carbocycles. The highest BCUT2D eigenvalue weighted by Gasteiger charge is 2.30. The van der Waals surface area contributed by atoms with Gasteiger partial charge in [0.05, 0.1) is 9.82 Å². The zero-order chi connectivity index (χ0) is 30.8. The van der Waals surface area contributed by atoms with E-state index >= 15 is 0 Å². The molecule has 0 radical (unpaired) electrons. The highest BCUT2D eigenvalue weighted by Crippen LogP contribution is 2.27. The van der Waals surface area contributed by atoms with E-state index in [9.17, 15) is 23.3 Å². The lowest BCUT2D eigenvalue weighted by Crippen LogP contribution is -2.48. The zero-order valence-electron chi connectivity index (χ0n) is 24.3. The Kier molecular flexibility index (Phi) is 11.5. The van der Waals surface area contributed by atoms with Crippen molar-refractivity contribution >= 4 is 33.1 Å². The first-order valence-corrected chi connectivity index (χ1v) is 16.6. The lowest BCUT2D eigenvalue weighted by Gasteiger charge is -2.38. The van der Waals surface area contributed by atoms with Crippen LogP contribution in [-0.4, -0.2) is 79.4 Å². The van der Waals surface area contributed by atoms with Gasteiger partial charge in [0.15, 0.2) is 0 Å². The Balaban J connectivity index is 1.30. The number of ether oxygens (including phenoxy) is 1. The van der Waals surface area contributed by atoms with E-state index in [2.05, 4.69) is 22.9 Å². The summed E-state index contributed by atoms with van der Waals surface area (Å²) < 4.78 is 33.3. The van der Waals surface area contributed by atoms with E-state index < -0.39 is 21.0 Å². The van der Waals surface area contributed by atoms with Crippen LogP contribution in [0.2, 0.25) is 0 Å². The summed E-state index contributed by atoms with van der Waals surface area (Å²) in [7, 11) is -1.95. The molecule has 2 aromatic carbocycles. The van der Waals surface area contributed by atoms with Crippen molar-refractivity contribution in [3.8, 4) is 0 Å². The summed E-state index contributed by atoms with van der Waals surface area (Å²) in [4.78, 5) is 27.7. The van der Waals surface area contributed by atoms with Crippen molar-refractivity contribution in [3.63, 3.8) is 0 Å². The number of carbonyl (C=O) groups is 1. The van der Waals surface area contributed by atoms with Gasteiger partial charge in [-0.25, -0.2) is 17.5 Å². The van der Waals surface area contributed by atoms with E-state index in [4.69, 9.17) is 4.74 Å². The molecular weight excluding hydrogens is 588 g/mol. The van der Waals surface area contributed by atoms with Crippen molar-refractivity contribution in [3.05, 3.63) is 105 Å². The Hall–Kier alpha value is -3.58. The molecule has 1 aliphatic heterocycles. The van der Waals surface area contributed by atoms with Crippen molar-refractivity contribution in [2.45, 2.75) is 42.7 Å². The normalized spacial score (nSPS) is 15.2. The van der Waals surface area contributed by atoms with Crippen LogP contribution in [0.25, 0.3) is 0 Å². The molecule has 0 saturated carbocycles. The van der Waals surface area contributed by atoms with Crippen LogP contribution in [0.15, 0.2) is 89.0 Å². The lowest BCUT2D eigenvalue weighted by atomic mass is 9.97. The number of piperidine rings is 1. The number of likely N-dealkylation sites (N-methyl/N-ethyl adjacent to an activating group) is 1. The Morgan fingerprint density at radius 1 is 1.16 bits per heavy atom. The van der Waals surface area contributed by atoms with Gasteiger partial charge in [-0.05, 0) is 83.9 Å². The van der Waals surface area contributed by atoms with Crippen LogP contribution in [0.4, 0.5) is 10.5 Å². The van der Waals surface area contributed by atoms with E-state index in [0.717, 1.165) is 44.5 Å². The number of nitrogens with zero attached hydrogens (tertiary/aromatic N) is 4. The molecule has 1 atom stereocenters. The maximum absolute atomic E-state index is 13.2. The third-order valence-corrected chi connectivity index (χ3v) is 10.3. The van der Waals surface area contributed by atoms with Gasteiger partial charge >= 0.3 is 6.09 Å². The molecular formula is C31H38N4O6S2. The molecule has 12 heteroatoms. The number of nitro groups is 1. The standard InChI is InChI=1S/C31H38N4O6S2/c1-3-17-34(31(36)41-23-25-9-11-29(12-10-25)35(37)38)28-14-19-33(20-15-28)18-13-26(27-16-21-42-24-27)22-32(2)43(39,40)30-7-5-4-6-8-30/h3-12,16,21,24,26,28H,1,13-15,17-20,22-23H2,2H3. The van der Waals surface area contributed by atoms with Crippen LogP contribution in [0, 0.1) is 10.1 Å². The van der Waals surface area contributed by atoms with Gasteiger partial charge in [-0.3, -0.25) is 10.1 Å². The Labute approximate surface area is 257 Å². The fourth-order valence-corrected chi connectivity index (χ4v) is 7.28. The van der Waals surface area contributed by atoms with Gasteiger partial charge in [-0.2, -0.15) is 11.3 Å². The maximum Gasteiger partial charge on any atom is 0.410 e. The van der Waals surface area contributed by atoms with Gasteiger partial charge in [0.2, 0.25) is 10.0 Å². The smallest absolute Gasteiger partial charge is 0.410 e. The molecule has 2 heterocycles. The number of hydrogen-bond acceptors (Lipinski definition) is 8. The summed E-state index contributed by atoms with van der Waals surface area (Å²) in [5.41, 5.74) is 1.80. The fourth-order valence-electron chi connectivity index (χ4n) is 5.30. The minimum atomic E-state index is -3.59. The number of rotatable bonds is 14. The fraction of sp³-hybridized carbons (Fsp3) is 0.387. The number of likely N-dealkylation sites (tertiary alicyclic amines) is 1. The number of thiophene rings is 1. The highest BCUT2D eigenvalue weighted by atomic mass is 32.2. The molecule has 43 heavy (non-hydrogen) atoms. The van der Waals surface area contributed by atoms with Crippen molar-refractivity contribution in [2.24, 2.45) is 0 Å². The van der Waals surface area contributed by atoms with E-state index in [0.29, 0.717) is 23.5 Å². The molecule has 4 rings (SSSR count). The molecule has 0 N–H and O–H groups in total. The molecule has 1 aliphatic rings.